The predicted octanol–water partition coefficient (Wildman–Crippen LogP) is 7.34. The summed E-state index contributed by atoms with van der Waals surface area (Å²) in [5, 5.41) is 5.96. The number of thiazole rings is 1. The van der Waals surface area contributed by atoms with E-state index in [2.05, 4.69) is 15.6 Å². The number of amides is 2. The number of benzene rings is 4. The van der Waals surface area contributed by atoms with Gasteiger partial charge in [-0.1, -0.05) is 59.4 Å². The molecule has 2 amide bonds. The zero-order chi connectivity index (χ0) is 26.5. The molecule has 1 unspecified atom stereocenters. The lowest BCUT2D eigenvalue weighted by Crippen LogP contribution is -2.18. The highest BCUT2D eigenvalue weighted by atomic mass is 32.2. The molecular formula is C30H25N3O3S2. The van der Waals surface area contributed by atoms with Gasteiger partial charge in [0.25, 0.3) is 5.91 Å². The standard InChI is InChI=1S/C30H25N3O3S2/c1-19-8-10-21(11-9-19)28(34)31-22-12-15-24(16-13-22)37-27(20-6-4-3-5-7-20)29(35)33-30-32-25-17-14-23(36-2)18-26(25)38-30/h3-18,27H,1-2H3,(H,31,34)(H,32,33,35). The summed E-state index contributed by atoms with van der Waals surface area (Å²) in [6.07, 6.45) is 0. The molecule has 1 heterocycles. The van der Waals surface area contributed by atoms with Crippen LogP contribution in [0.5, 0.6) is 5.75 Å². The summed E-state index contributed by atoms with van der Waals surface area (Å²) in [6, 6.07) is 30.2. The third-order valence-electron chi connectivity index (χ3n) is 5.85. The number of carbonyl (C=O) groups is 2. The molecule has 5 aromatic rings. The van der Waals surface area contributed by atoms with E-state index in [0.717, 1.165) is 32.0 Å². The highest BCUT2D eigenvalue weighted by Crippen LogP contribution is 2.37. The van der Waals surface area contributed by atoms with E-state index in [4.69, 9.17) is 4.74 Å². The molecule has 4 aromatic carbocycles. The van der Waals surface area contributed by atoms with E-state index in [9.17, 15) is 9.59 Å². The molecule has 2 N–H and O–H groups in total. The molecule has 8 heteroatoms. The highest BCUT2D eigenvalue weighted by molar-refractivity contribution is 8.00. The Balaban J connectivity index is 1.31. The van der Waals surface area contributed by atoms with Crippen molar-refractivity contribution in [1.82, 2.24) is 4.98 Å². The fourth-order valence-corrected chi connectivity index (χ4v) is 5.74. The predicted molar refractivity (Wildman–Crippen MR) is 155 cm³/mol. The molecule has 5 rings (SSSR count). The van der Waals surface area contributed by atoms with Crippen LogP contribution in [-0.4, -0.2) is 23.9 Å². The topological polar surface area (TPSA) is 80.3 Å². The van der Waals surface area contributed by atoms with Gasteiger partial charge in [0.1, 0.15) is 11.0 Å². The minimum atomic E-state index is -0.495. The summed E-state index contributed by atoms with van der Waals surface area (Å²) < 4.78 is 6.23. The molecule has 190 valence electrons. The second-order valence-electron chi connectivity index (χ2n) is 8.60. The van der Waals surface area contributed by atoms with Gasteiger partial charge in [-0.3, -0.25) is 9.59 Å². The van der Waals surface area contributed by atoms with Gasteiger partial charge in [-0.05, 0) is 67.1 Å². The second-order valence-corrected chi connectivity index (χ2v) is 10.8. The zero-order valence-corrected chi connectivity index (χ0v) is 22.4. The summed E-state index contributed by atoms with van der Waals surface area (Å²) in [6.45, 7) is 1.98. The molecule has 0 aliphatic rings. The number of thioether (sulfide) groups is 1. The van der Waals surface area contributed by atoms with Gasteiger partial charge in [0.15, 0.2) is 5.13 Å². The molecule has 0 aliphatic carbocycles. The van der Waals surface area contributed by atoms with Gasteiger partial charge < -0.3 is 15.4 Å². The molecular weight excluding hydrogens is 514 g/mol. The largest absolute Gasteiger partial charge is 0.497 e. The van der Waals surface area contributed by atoms with E-state index in [1.807, 2.05) is 91.9 Å². The molecule has 0 spiro atoms. The number of anilines is 2. The lowest BCUT2D eigenvalue weighted by Gasteiger charge is -2.16. The summed E-state index contributed by atoms with van der Waals surface area (Å²) in [5.74, 6) is 0.416. The van der Waals surface area contributed by atoms with Gasteiger partial charge >= 0.3 is 0 Å². The number of nitrogens with one attached hydrogen (secondary N) is 2. The average Bonchev–Trinajstić information content (AvgIpc) is 3.34. The number of rotatable bonds is 8. The van der Waals surface area contributed by atoms with Crippen molar-refractivity contribution in [2.24, 2.45) is 0 Å². The molecule has 0 aliphatic heterocycles. The Kier molecular flexibility index (Phi) is 7.72. The van der Waals surface area contributed by atoms with Gasteiger partial charge in [-0.2, -0.15) is 0 Å². The van der Waals surface area contributed by atoms with E-state index >= 15 is 0 Å². The second kappa shape index (κ2) is 11.5. The number of methoxy groups -OCH3 is 1. The van der Waals surface area contributed by atoms with Gasteiger partial charge in [-0.15, -0.1) is 11.8 Å². The molecule has 6 nitrogen and oxygen atoms in total. The van der Waals surface area contributed by atoms with Crippen molar-refractivity contribution in [3.05, 3.63) is 114 Å². The lowest BCUT2D eigenvalue weighted by atomic mass is 10.1. The van der Waals surface area contributed by atoms with E-state index in [-0.39, 0.29) is 11.8 Å². The first-order valence-electron chi connectivity index (χ1n) is 11.9. The molecule has 0 fully saturated rings. The maximum absolute atomic E-state index is 13.5. The number of carbonyl (C=O) groups excluding carboxylic acids is 2. The van der Waals surface area contributed by atoms with E-state index in [0.29, 0.717) is 16.4 Å². The molecule has 1 atom stereocenters. The summed E-state index contributed by atoms with van der Waals surface area (Å²) >= 11 is 2.85. The first-order valence-corrected chi connectivity index (χ1v) is 13.6. The van der Waals surface area contributed by atoms with Gasteiger partial charge in [-0.25, -0.2) is 4.98 Å². The Hall–Kier alpha value is -4.14. The van der Waals surface area contributed by atoms with Crippen LogP contribution in [0.3, 0.4) is 0 Å². The van der Waals surface area contributed by atoms with Crippen molar-refractivity contribution in [3.8, 4) is 5.75 Å². The fourth-order valence-electron chi connectivity index (χ4n) is 3.82. The molecule has 0 saturated carbocycles. The third-order valence-corrected chi connectivity index (χ3v) is 8.05. The summed E-state index contributed by atoms with van der Waals surface area (Å²) in [7, 11) is 1.62. The van der Waals surface area contributed by atoms with Gasteiger partial charge in [0.2, 0.25) is 5.91 Å². The van der Waals surface area contributed by atoms with Crippen LogP contribution in [0.2, 0.25) is 0 Å². The van der Waals surface area contributed by atoms with Crippen molar-refractivity contribution >= 4 is 55.9 Å². The van der Waals surface area contributed by atoms with Crippen LogP contribution in [0.25, 0.3) is 10.2 Å². The Morgan fingerprint density at radius 1 is 0.895 bits per heavy atom. The maximum atomic E-state index is 13.5. The fraction of sp³-hybridized carbons (Fsp3) is 0.100. The Morgan fingerprint density at radius 3 is 2.34 bits per heavy atom. The molecule has 1 aromatic heterocycles. The molecule has 0 bridgehead atoms. The maximum Gasteiger partial charge on any atom is 0.255 e. The van der Waals surface area contributed by atoms with Crippen molar-refractivity contribution in [2.75, 3.05) is 17.7 Å². The Bertz CT molecular complexity index is 1570. The first-order chi connectivity index (χ1) is 18.5. The summed E-state index contributed by atoms with van der Waals surface area (Å²) in [5.41, 5.74) is 4.07. The summed E-state index contributed by atoms with van der Waals surface area (Å²) in [4.78, 5) is 31.5. The normalized spacial score (nSPS) is 11.6. The number of hydrogen-bond donors (Lipinski definition) is 2. The van der Waals surface area contributed by atoms with Crippen LogP contribution in [0, 0.1) is 6.92 Å². The van der Waals surface area contributed by atoms with Crippen LogP contribution in [0.1, 0.15) is 26.7 Å². The lowest BCUT2D eigenvalue weighted by molar-refractivity contribution is -0.115. The number of aromatic nitrogens is 1. The molecule has 0 saturated heterocycles. The SMILES string of the molecule is COc1ccc2nc(NC(=O)C(Sc3ccc(NC(=O)c4ccc(C)cc4)cc3)c3ccccc3)sc2c1. The van der Waals surface area contributed by atoms with E-state index in [1.165, 1.54) is 23.1 Å². The number of aryl methyl sites for hydroxylation is 1. The van der Waals surface area contributed by atoms with E-state index in [1.54, 1.807) is 19.2 Å². The minimum Gasteiger partial charge on any atom is -0.497 e. The van der Waals surface area contributed by atoms with Crippen LogP contribution in [0.15, 0.2) is 102 Å². The quantitative estimate of drug-likeness (QED) is 0.202. The number of nitrogens with zero attached hydrogens (tertiary/aromatic N) is 1. The minimum absolute atomic E-state index is 0.163. The van der Waals surface area contributed by atoms with Crippen molar-refractivity contribution in [3.63, 3.8) is 0 Å². The van der Waals surface area contributed by atoms with Crippen LogP contribution in [-0.2, 0) is 4.79 Å². The Morgan fingerprint density at radius 2 is 1.63 bits per heavy atom. The van der Waals surface area contributed by atoms with E-state index < -0.39 is 5.25 Å². The van der Waals surface area contributed by atoms with Gasteiger partial charge in [0, 0.05) is 16.1 Å². The van der Waals surface area contributed by atoms with Crippen molar-refractivity contribution in [1.29, 1.82) is 0 Å². The average molecular weight is 540 g/mol. The first kappa shape index (κ1) is 25.5. The smallest absolute Gasteiger partial charge is 0.255 e. The highest BCUT2D eigenvalue weighted by Gasteiger charge is 2.23. The molecule has 0 radical (unpaired) electrons. The van der Waals surface area contributed by atoms with Crippen LogP contribution >= 0.6 is 23.1 Å². The number of ether oxygens (including phenoxy) is 1. The zero-order valence-electron chi connectivity index (χ0n) is 20.8. The van der Waals surface area contributed by atoms with Crippen LogP contribution in [0.4, 0.5) is 10.8 Å². The van der Waals surface area contributed by atoms with Crippen molar-refractivity contribution < 1.29 is 14.3 Å². The van der Waals surface area contributed by atoms with Gasteiger partial charge in [0.05, 0.1) is 17.3 Å². The third kappa shape index (κ3) is 6.04. The molecule has 38 heavy (non-hydrogen) atoms. The monoisotopic (exact) mass is 539 g/mol. The number of hydrogen-bond acceptors (Lipinski definition) is 6. The van der Waals surface area contributed by atoms with Crippen LogP contribution < -0.4 is 15.4 Å². The Labute approximate surface area is 229 Å². The van der Waals surface area contributed by atoms with Crippen molar-refractivity contribution in [2.45, 2.75) is 17.1 Å². The number of fused-ring (bicyclic) bond motifs is 1.